The van der Waals surface area contributed by atoms with Crippen molar-refractivity contribution in [2.75, 3.05) is 0 Å². The molecule has 0 saturated heterocycles. The van der Waals surface area contributed by atoms with E-state index in [1.165, 1.54) is 12.4 Å². The van der Waals surface area contributed by atoms with Crippen LogP contribution >= 0.6 is 0 Å². The molecule has 3 aliphatic carbocycles. The zero-order chi connectivity index (χ0) is 17.2. The van der Waals surface area contributed by atoms with E-state index in [2.05, 4.69) is 27.4 Å². The first-order valence-corrected chi connectivity index (χ1v) is 9.09. The van der Waals surface area contributed by atoms with Crippen LogP contribution in [0.5, 0.6) is 5.88 Å². The van der Waals surface area contributed by atoms with Crippen molar-refractivity contribution < 1.29 is 9.53 Å². The number of fused-ring (bicyclic) bond motifs is 2. The lowest BCUT2D eigenvalue weighted by atomic mass is 9.90. The first-order valence-electron chi connectivity index (χ1n) is 9.09. The Morgan fingerprint density at radius 2 is 1.96 bits per heavy atom. The lowest BCUT2D eigenvalue weighted by molar-refractivity contribution is -0.126. The van der Waals surface area contributed by atoms with Crippen molar-refractivity contribution in [3.63, 3.8) is 0 Å². The molecule has 130 valence electrons. The van der Waals surface area contributed by atoms with Gasteiger partial charge in [-0.3, -0.25) is 4.79 Å². The molecule has 25 heavy (non-hydrogen) atoms. The van der Waals surface area contributed by atoms with E-state index >= 15 is 0 Å². The Kier molecular flexibility index (Phi) is 4.39. The van der Waals surface area contributed by atoms with Crippen LogP contribution in [0.3, 0.4) is 0 Å². The van der Waals surface area contributed by atoms with Gasteiger partial charge in [0.15, 0.2) is 0 Å². The zero-order valence-electron chi connectivity index (χ0n) is 14.1. The van der Waals surface area contributed by atoms with Gasteiger partial charge in [-0.15, -0.1) is 0 Å². The number of nitrogens with one attached hydrogen (secondary N) is 1. The molecule has 2 saturated carbocycles. The molecule has 0 radical (unpaired) electrons. The van der Waals surface area contributed by atoms with Crippen molar-refractivity contribution in [1.82, 2.24) is 15.3 Å². The molecule has 6 heteroatoms. The Morgan fingerprint density at radius 1 is 1.16 bits per heavy atom. The van der Waals surface area contributed by atoms with Gasteiger partial charge in [-0.05, 0) is 50.4 Å². The molecule has 3 atom stereocenters. The average molecular weight is 338 g/mol. The smallest absolute Gasteiger partial charge is 0.251 e. The van der Waals surface area contributed by atoms with Crippen molar-refractivity contribution in [2.45, 2.75) is 50.7 Å². The van der Waals surface area contributed by atoms with Gasteiger partial charge in [-0.25, -0.2) is 9.97 Å². The Hall–Kier alpha value is -2.42. The minimum absolute atomic E-state index is 0.0300. The third-order valence-corrected chi connectivity index (χ3v) is 5.69. The van der Waals surface area contributed by atoms with Crippen LogP contribution in [0.25, 0.3) is 0 Å². The first kappa shape index (κ1) is 16.1. The summed E-state index contributed by atoms with van der Waals surface area (Å²) in [6.07, 6.45) is 13.2. The highest BCUT2D eigenvalue weighted by Crippen LogP contribution is 2.43. The van der Waals surface area contributed by atoms with E-state index in [4.69, 9.17) is 10.00 Å². The maximum Gasteiger partial charge on any atom is 0.251 e. The van der Waals surface area contributed by atoms with Gasteiger partial charge in [0.05, 0.1) is 0 Å². The van der Waals surface area contributed by atoms with Crippen molar-refractivity contribution in [3.8, 4) is 11.9 Å². The number of carbonyl (C=O) groups is 1. The van der Waals surface area contributed by atoms with Gasteiger partial charge < -0.3 is 10.1 Å². The number of hydrogen-bond donors (Lipinski definition) is 1. The SMILES string of the molecule is N#Cc1nccnc1OC1CCC(NC(=O)C2CC3C=CC2C3)CC1. The number of rotatable bonds is 4. The number of carbonyl (C=O) groups excluding carboxylic acids is 1. The van der Waals surface area contributed by atoms with E-state index in [9.17, 15) is 4.79 Å². The summed E-state index contributed by atoms with van der Waals surface area (Å²) >= 11 is 0. The highest BCUT2D eigenvalue weighted by molar-refractivity contribution is 5.80. The molecule has 6 nitrogen and oxygen atoms in total. The molecule has 3 unspecified atom stereocenters. The molecule has 0 aliphatic heterocycles. The molecular weight excluding hydrogens is 316 g/mol. The summed E-state index contributed by atoms with van der Waals surface area (Å²) < 4.78 is 5.85. The van der Waals surface area contributed by atoms with Crippen molar-refractivity contribution >= 4 is 5.91 Å². The molecule has 1 N–H and O–H groups in total. The largest absolute Gasteiger partial charge is 0.472 e. The third-order valence-electron chi connectivity index (χ3n) is 5.69. The molecule has 1 aromatic rings. The van der Waals surface area contributed by atoms with Crippen molar-refractivity contribution in [3.05, 3.63) is 30.2 Å². The Bertz CT molecular complexity index is 718. The minimum atomic E-state index is 0.0300. The number of nitrogens with zero attached hydrogens (tertiary/aromatic N) is 3. The predicted molar refractivity (Wildman–Crippen MR) is 90.4 cm³/mol. The summed E-state index contributed by atoms with van der Waals surface area (Å²) in [6, 6.07) is 2.23. The highest BCUT2D eigenvalue weighted by Gasteiger charge is 2.40. The lowest BCUT2D eigenvalue weighted by Crippen LogP contribution is -2.43. The van der Waals surface area contributed by atoms with Crippen molar-refractivity contribution in [2.24, 2.45) is 17.8 Å². The summed E-state index contributed by atoms with van der Waals surface area (Å²) in [5, 5.41) is 12.3. The van der Waals surface area contributed by atoms with Crippen LogP contribution in [0, 0.1) is 29.1 Å². The first-order chi connectivity index (χ1) is 12.2. The van der Waals surface area contributed by atoms with Crippen LogP contribution in [0.2, 0.25) is 0 Å². The summed E-state index contributed by atoms with van der Waals surface area (Å²) in [7, 11) is 0. The Morgan fingerprint density at radius 3 is 2.64 bits per heavy atom. The standard InChI is InChI=1S/C19H22N4O2/c20-11-17-19(22-8-7-21-17)25-15-5-3-14(4-6-15)23-18(24)16-10-12-1-2-13(16)9-12/h1-2,7-8,12-16H,3-6,9-10H2,(H,23,24). The monoisotopic (exact) mass is 338 g/mol. The molecule has 4 rings (SSSR count). The predicted octanol–water partition coefficient (Wildman–Crippen LogP) is 2.37. The van der Waals surface area contributed by atoms with Gasteiger partial charge >= 0.3 is 0 Å². The van der Waals surface area contributed by atoms with Crippen LogP contribution < -0.4 is 10.1 Å². The van der Waals surface area contributed by atoms with Gasteiger partial charge in [-0.1, -0.05) is 12.2 Å². The average Bonchev–Trinajstić information content (AvgIpc) is 3.27. The Labute approximate surface area is 147 Å². The maximum absolute atomic E-state index is 12.5. The second-order valence-corrected chi connectivity index (χ2v) is 7.31. The summed E-state index contributed by atoms with van der Waals surface area (Å²) in [6.45, 7) is 0. The topological polar surface area (TPSA) is 87.9 Å². The lowest BCUT2D eigenvalue weighted by Gasteiger charge is -2.30. The van der Waals surface area contributed by atoms with E-state index in [1.54, 1.807) is 0 Å². The van der Waals surface area contributed by atoms with Gasteiger partial charge in [0.25, 0.3) is 5.88 Å². The minimum Gasteiger partial charge on any atom is -0.472 e. The quantitative estimate of drug-likeness (QED) is 0.852. The third kappa shape index (κ3) is 3.37. The van der Waals surface area contributed by atoms with Crippen LogP contribution in [0.1, 0.15) is 44.2 Å². The molecule has 0 aromatic carbocycles. The van der Waals surface area contributed by atoms with Gasteiger partial charge in [0, 0.05) is 24.4 Å². The number of allylic oxidation sites excluding steroid dienone is 2. The maximum atomic E-state index is 12.5. The second kappa shape index (κ2) is 6.83. The normalized spacial score (nSPS) is 33.0. The number of nitriles is 1. The van der Waals surface area contributed by atoms with E-state index < -0.39 is 0 Å². The molecule has 1 aromatic heterocycles. The van der Waals surface area contributed by atoms with Crippen LogP contribution in [-0.2, 0) is 4.79 Å². The van der Waals surface area contributed by atoms with Crippen LogP contribution in [0.4, 0.5) is 0 Å². The summed E-state index contributed by atoms with van der Waals surface area (Å²) in [5.41, 5.74) is 0.224. The number of aromatic nitrogens is 2. The molecular formula is C19H22N4O2. The molecule has 3 aliphatic rings. The Balaban J connectivity index is 1.26. The number of hydrogen-bond acceptors (Lipinski definition) is 5. The molecule has 0 spiro atoms. The summed E-state index contributed by atoms with van der Waals surface area (Å²) in [5.74, 6) is 1.77. The van der Waals surface area contributed by atoms with Crippen LogP contribution in [0.15, 0.2) is 24.5 Å². The van der Waals surface area contributed by atoms with Gasteiger partial charge in [-0.2, -0.15) is 5.26 Å². The van der Waals surface area contributed by atoms with E-state index in [-0.39, 0.29) is 29.7 Å². The molecule has 1 amide bonds. The number of amides is 1. The fourth-order valence-electron chi connectivity index (χ4n) is 4.36. The molecule has 1 heterocycles. The molecule has 2 fully saturated rings. The second-order valence-electron chi connectivity index (χ2n) is 7.31. The number of ether oxygens (including phenoxy) is 1. The zero-order valence-corrected chi connectivity index (χ0v) is 14.1. The highest BCUT2D eigenvalue weighted by atomic mass is 16.5. The fourth-order valence-corrected chi connectivity index (χ4v) is 4.36. The van der Waals surface area contributed by atoms with E-state index in [1.807, 2.05) is 6.07 Å². The van der Waals surface area contributed by atoms with Crippen molar-refractivity contribution in [1.29, 1.82) is 5.26 Å². The fraction of sp³-hybridized carbons (Fsp3) is 0.579. The van der Waals surface area contributed by atoms with Crippen LogP contribution in [-0.4, -0.2) is 28.0 Å². The van der Waals surface area contributed by atoms with Gasteiger partial charge in [0.2, 0.25) is 11.6 Å². The van der Waals surface area contributed by atoms with Gasteiger partial charge in [0.1, 0.15) is 12.2 Å². The van der Waals surface area contributed by atoms with E-state index in [0.29, 0.717) is 17.7 Å². The summed E-state index contributed by atoms with van der Waals surface area (Å²) in [4.78, 5) is 20.6. The van der Waals surface area contributed by atoms with E-state index in [0.717, 1.165) is 38.5 Å². The molecule has 2 bridgehead atoms.